The maximum absolute atomic E-state index is 13.7. The molecule has 0 bridgehead atoms. The molecule has 33 heavy (non-hydrogen) atoms. The second-order valence-electron chi connectivity index (χ2n) is 7.45. The van der Waals surface area contributed by atoms with E-state index in [4.69, 9.17) is 4.74 Å². The van der Waals surface area contributed by atoms with E-state index < -0.39 is 17.6 Å². The van der Waals surface area contributed by atoms with Crippen molar-refractivity contribution in [2.45, 2.75) is 23.7 Å². The lowest BCUT2D eigenvalue weighted by molar-refractivity contribution is -0.136. The molecule has 0 spiro atoms. The third kappa shape index (κ3) is 6.07. The lowest BCUT2D eigenvalue weighted by atomic mass is 10.1. The molecule has 2 aromatic carbocycles. The number of nitrogens with zero attached hydrogens (tertiary/aromatic N) is 2. The Hall–Kier alpha value is -2.56. The van der Waals surface area contributed by atoms with Crippen molar-refractivity contribution < 1.29 is 22.7 Å². The van der Waals surface area contributed by atoms with Crippen LogP contribution in [-0.2, 0) is 16.7 Å². The smallest absolute Gasteiger partial charge is 0.378 e. The van der Waals surface area contributed by atoms with Gasteiger partial charge in [0.1, 0.15) is 0 Å². The number of rotatable bonds is 6. The summed E-state index contributed by atoms with van der Waals surface area (Å²) in [5.74, 6) is 0.117. The normalized spacial score (nSPS) is 14.4. The van der Waals surface area contributed by atoms with Crippen LogP contribution in [0.3, 0.4) is 0 Å². The molecule has 2 heterocycles. The zero-order valence-corrected chi connectivity index (χ0v) is 19.4. The monoisotopic (exact) mass is 493 g/mol. The minimum atomic E-state index is -4.60. The molecule has 5 nitrogen and oxygen atoms in total. The van der Waals surface area contributed by atoms with Gasteiger partial charge >= 0.3 is 6.18 Å². The Labute approximate surface area is 198 Å². The van der Waals surface area contributed by atoms with Gasteiger partial charge in [-0.15, -0.1) is 23.1 Å². The van der Waals surface area contributed by atoms with E-state index in [0.29, 0.717) is 37.7 Å². The zero-order valence-electron chi connectivity index (χ0n) is 17.8. The number of carbonyl (C=O) groups is 1. The first-order chi connectivity index (χ1) is 15.8. The van der Waals surface area contributed by atoms with Gasteiger partial charge in [-0.2, -0.15) is 13.2 Å². The molecule has 3 aromatic rings. The Morgan fingerprint density at radius 1 is 1.18 bits per heavy atom. The molecule has 1 amide bonds. The summed E-state index contributed by atoms with van der Waals surface area (Å²) in [6.07, 6.45) is -4.60. The van der Waals surface area contributed by atoms with E-state index >= 15 is 0 Å². The number of benzene rings is 2. The molecule has 0 unspecified atom stereocenters. The number of alkyl halides is 3. The van der Waals surface area contributed by atoms with Gasteiger partial charge in [-0.3, -0.25) is 4.79 Å². The molecule has 4 rings (SSSR count). The Balaban J connectivity index is 1.45. The molecule has 1 aromatic heterocycles. The van der Waals surface area contributed by atoms with Crippen LogP contribution in [0.5, 0.6) is 0 Å². The van der Waals surface area contributed by atoms with Crippen LogP contribution in [0, 0.1) is 6.92 Å². The van der Waals surface area contributed by atoms with Gasteiger partial charge in [0, 0.05) is 40.4 Å². The minimum absolute atomic E-state index is 0.262. The number of thioether (sulfide) groups is 1. The summed E-state index contributed by atoms with van der Waals surface area (Å²) in [5.41, 5.74) is 0.603. The average molecular weight is 494 g/mol. The first-order valence-electron chi connectivity index (χ1n) is 10.3. The third-order valence-electron chi connectivity index (χ3n) is 5.10. The fraction of sp³-hybridized carbons (Fsp3) is 0.304. The number of thiazole rings is 1. The SMILES string of the molecule is Cc1nc(CSc2ccc(C(=O)Nc3ccc(N4CCOCC4)cc3C(F)(F)F)cc2)cs1. The second kappa shape index (κ2) is 10.1. The van der Waals surface area contributed by atoms with Crippen LogP contribution in [0.4, 0.5) is 24.5 Å². The van der Waals surface area contributed by atoms with Crippen molar-refractivity contribution in [3.8, 4) is 0 Å². The molecule has 1 aliphatic rings. The average Bonchev–Trinajstić information content (AvgIpc) is 3.23. The molecule has 0 radical (unpaired) electrons. The minimum Gasteiger partial charge on any atom is -0.378 e. The lowest BCUT2D eigenvalue weighted by Gasteiger charge is -2.29. The number of morpholine rings is 1. The number of aryl methyl sites for hydroxylation is 1. The predicted molar refractivity (Wildman–Crippen MR) is 125 cm³/mol. The van der Waals surface area contributed by atoms with E-state index in [1.165, 1.54) is 6.07 Å². The molecule has 0 atom stereocenters. The molecular weight excluding hydrogens is 471 g/mol. The van der Waals surface area contributed by atoms with Crippen LogP contribution in [0.15, 0.2) is 52.7 Å². The number of ether oxygens (including phenoxy) is 1. The summed E-state index contributed by atoms with van der Waals surface area (Å²) in [7, 11) is 0. The highest BCUT2D eigenvalue weighted by Crippen LogP contribution is 2.38. The van der Waals surface area contributed by atoms with E-state index in [1.807, 2.05) is 17.2 Å². The molecule has 1 fully saturated rings. The van der Waals surface area contributed by atoms with Crippen LogP contribution in [0.2, 0.25) is 0 Å². The van der Waals surface area contributed by atoms with Gasteiger partial charge in [0.15, 0.2) is 0 Å². The van der Waals surface area contributed by atoms with Crippen LogP contribution < -0.4 is 10.2 Å². The molecule has 1 N–H and O–H groups in total. The van der Waals surface area contributed by atoms with Gasteiger partial charge < -0.3 is 15.0 Å². The van der Waals surface area contributed by atoms with Crippen LogP contribution in [0.1, 0.15) is 26.6 Å². The maximum atomic E-state index is 13.7. The Kier molecular flexibility index (Phi) is 7.26. The molecule has 174 valence electrons. The van der Waals surface area contributed by atoms with Gasteiger partial charge in [0.2, 0.25) is 0 Å². The first-order valence-corrected chi connectivity index (χ1v) is 12.2. The largest absolute Gasteiger partial charge is 0.418 e. The topological polar surface area (TPSA) is 54.5 Å². The Morgan fingerprint density at radius 3 is 2.55 bits per heavy atom. The summed E-state index contributed by atoms with van der Waals surface area (Å²) in [5, 5.41) is 5.44. The fourth-order valence-corrected chi connectivity index (χ4v) is 4.93. The highest BCUT2D eigenvalue weighted by atomic mass is 32.2. The van der Waals surface area contributed by atoms with E-state index in [0.717, 1.165) is 21.7 Å². The fourth-order valence-electron chi connectivity index (χ4n) is 3.42. The number of hydrogen-bond donors (Lipinski definition) is 1. The van der Waals surface area contributed by atoms with Gasteiger partial charge in [-0.25, -0.2) is 4.98 Å². The molecule has 1 aliphatic heterocycles. The van der Waals surface area contributed by atoms with Crippen molar-refractivity contribution >= 4 is 40.4 Å². The molecule has 1 saturated heterocycles. The highest BCUT2D eigenvalue weighted by molar-refractivity contribution is 7.98. The van der Waals surface area contributed by atoms with E-state index in [2.05, 4.69) is 10.3 Å². The van der Waals surface area contributed by atoms with Crippen LogP contribution >= 0.6 is 23.1 Å². The van der Waals surface area contributed by atoms with Crippen molar-refractivity contribution in [1.29, 1.82) is 0 Å². The zero-order chi connectivity index (χ0) is 23.4. The summed E-state index contributed by atoms with van der Waals surface area (Å²) in [4.78, 5) is 19.9. The van der Waals surface area contributed by atoms with Gasteiger partial charge in [-0.05, 0) is 49.4 Å². The number of amides is 1. The van der Waals surface area contributed by atoms with Crippen LogP contribution in [0.25, 0.3) is 0 Å². The Morgan fingerprint density at radius 2 is 1.91 bits per heavy atom. The number of hydrogen-bond acceptors (Lipinski definition) is 6. The lowest BCUT2D eigenvalue weighted by Crippen LogP contribution is -2.36. The number of anilines is 2. The van der Waals surface area contributed by atoms with Crippen molar-refractivity contribution in [2.24, 2.45) is 0 Å². The number of carbonyl (C=O) groups excluding carboxylic acids is 1. The third-order valence-corrected chi connectivity index (χ3v) is 6.97. The molecule has 10 heteroatoms. The van der Waals surface area contributed by atoms with Crippen molar-refractivity contribution in [3.05, 3.63) is 69.7 Å². The number of halogens is 3. The van der Waals surface area contributed by atoms with Crippen molar-refractivity contribution in [2.75, 3.05) is 36.5 Å². The second-order valence-corrected chi connectivity index (χ2v) is 9.56. The van der Waals surface area contributed by atoms with E-state index in [-0.39, 0.29) is 11.3 Å². The van der Waals surface area contributed by atoms with E-state index in [1.54, 1.807) is 53.4 Å². The van der Waals surface area contributed by atoms with E-state index in [9.17, 15) is 18.0 Å². The summed E-state index contributed by atoms with van der Waals surface area (Å²) < 4.78 is 46.4. The molecule has 0 saturated carbocycles. The summed E-state index contributed by atoms with van der Waals surface area (Å²) in [6, 6.07) is 10.8. The van der Waals surface area contributed by atoms with Gasteiger partial charge in [0.05, 0.1) is 35.2 Å². The first kappa shape index (κ1) is 23.6. The number of aromatic nitrogens is 1. The van der Waals surface area contributed by atoms with Gasteiger partial charge in [0.25, 0.3) is 5.91 Å². The summed E-state index contributed by atoms with van der Waals surface area (Å²) >= 11 is 3.18. The van der Waals surface area contributed by atoms with Crippen molar-refractivity contribution in [3.63, 3.8) is 0 Å². The quantitative estimate of drug-likeness (QED) is 0.437. The Bertz CT molecular complexity index is 1110. The van der Waals surface area contributed by atoms with Gasteiger partial charge in [-0.1, -0.05) is 0 Å². The van der Waals surface area contributed by atoms with Crippen LogP contribution in [-0.4, -0.2) is 37.2 Å². The van der Waals surface area contributed by atoms with Crippen molar-refractivity contribution in [1.82, 2.24) is 4.98 Å². The molecule has 0 aliphatic carbocycles. The highest BCUT2D eigenvalue weighted by Gasteiger charge is 2.35. The molecular formula is C23H22F3N3O2S2. The number of nitrogens with one attached hydrogen (secondary N) is 1. The maximum Gasteiger partial charge on any atom is 0.418 e. The predicted octanol–water partition coefficient (Wildman–Crippen LogP) is 5.85. The summed E-state index contributed by atoms with van der Waals surface area (Å²) in [6.45, 7) is 3.94. The standard InChI is InChI=1S/C23H22F3N3O2S2/c1-15-27-17(13-32-15)14-33-19-5-2-16(3-6-19)22(30)28-21-7-4-18(12-20(21)23(24,25)26)29-8-10-31-11-9-29/h2-7,12-13H,8-11,14H2,1H3,(H,28,30).